The molecule has 0 aliphatic rings. The third-order valence-corrected chi connectivity index (χ3v) is 4.75. The Hall–Kier alpha value is -1.81. The van der Waals surface area contributed by atoms with Crippen LogP contribution in [0.15, 0.2) is 28.7 Å². The fourth-order valence-electron chi connectivity index (χ4n) is 2.31. The summed E-state index contributed by atoms with van der Waals surface area (Å²) in [6.45, 7) is 8.70. The number of aryl methyl sites for hydroxylation is 1. The summed E-state index contributed by atoms with van der Waals surface area (Å²) in [7, 11) is 0. The van der Waals surface area contributed by atoms with Crippen molar-refractivity contribution < 1.29 is 4.42 Å². The van der Waals surface area contributed by atoms with Crippen molar-refractivity contribution >= 4 is 27.4 Å². The summed E-state index contributed by atoms with van der Waals surface area (Å²) in [5, 5.41) is 0.773. The van der Waals surface area contributed by atoms with Crippen LogP contribution in [0, 0.1) is 0 Å². The van der Waals surface area contributed by atoms with Gasteiger partial charge < -0.3 is 10.2 Å². The van der Waals surface area contributed by atoms with Crippen molar-refractivity contribution in [2.24, 2.45) is 0 Å². The quantitative estimate of drug-likeness (QED) is 0.724. The monoisotopic (exact) mass is 300 g/mol. The molecule has 110 valence electrons. The topological polar surface area (TPSA) is 52.0 Å². The summed E-state index contributed by atoms with van der Waals surface area (Å²) in [4.78, 5) is 5.88. The van der Waals surface area contributed by atoms with Gasteiger partial charge in [-0.05, 0) is 35.6 Å². The van der Waals surface area contributed by atoms with E-state index < -0.39 is 0 Å². The van der Waals surface area contributed by atoms with Crippen LogP contribution in [0.3, 0.4) is 0 Å². The van der Waals surface area contributed by atoms with Crippen molar-refractivity contribution in [1.82, 2.24) is 4.98 Å². The Labute approximate surface area is 128 Å². The third kappa shape index (κ3) is 2.56. The maximum atomic E-state index is 6.09. The van der Waals surface area contributed by atoms with Crippen LogP contribution in [0.2, 0.25) is 0 Å². The number of nitrogen functional groups attached to an aromatic ring is 1. The lowest BCUT2D eigenvalue weighted by Crippen LogP contribution is -2.10. The minimum atomic E-state index is 0.101. The normalized spacial score (nSPS) is 12.2. The van der Waals surface area contributed by atoms with Gasteiger partial charge in [-0.1, -0.05) is 33.8 Å². The Morgan fingerprint density at radius 2 is 2.00 bits per heavy atom. The number of fused-ring (bicyclic) bond motifs is 1. The summed E-state index contributed by atoms with van der Waals surface area (Å²) in [6.07, 6.45) is 0.975. The molecule has 0 aliphatic carbocycles. The molecule has 3 nitrogen and oxygen atoms in total. The highest BCUT2D eigenvalue weighted by Crippen LogP contribution is 2.36. The second kappa shape index (κ2) is 4.88. The zero-order valence-electron chi connectivity index (χ0n) is 12.9. The predicted octanol–water partition coefficient (Wildman–Crippen LogP) is 5.00. The highest BCUT2D eigenvalue weighted by Gasteiger charge is 2.18. The first-order valence-electron chi connectivity index (χ1n) is 7.18. The molecule has 2 heterocycles. The van der Waals surface area contributed by atoms with E-state index in [4.69, 9.17) is 10.2 Å². The van der Waals surface area contributed by atoms with Gasteiger partial charge in [0.25, 0.3) is 0 Å². The van der Waals surface area contributed by atoms with E-state index in [0.29, 0.717) is 5.89 Å². The van der Waals surface area contributed by atoms with Crippen molar-refractivity contribution in [3.63, 3.8) is 0 Å². The van der Waals surface area contributed by atoms with Crippen molar-refractivity contribution in [2.75, 3.05) is 5.73 Å². The molecule has 3 rings (SSSR count). The largest absolute Gasteiger partial charge is 0.436 e. The van der Waals surface area contributed by atoms with Crippen molar-refractivity contribution in [2.45, 2.75) is 39.5 Å². The lowest BCUT2D eigenvalue weighted by Gasteiger charge is -2.18. The lowest BCUT2D eigenvalue weighted by atomic mass is 9.87. The Morgan fingerprint density at radius 1 is 1.24 bits per heavy atom. The molecule has 0 radical (unpaired) electrons. The Bertz CT molecular complexity index is 793. The van der Waals surface area contributed by atoms with E-state index in [1.54, 1.807) is 11.3 Å². The Balaban J connectivity index is 2.10. The van der Waals surface area contributed by atoms with Crippen LogP contribution in [0.5, 0.6) is 0 Å². The molecular weight excluding hydrogens is 280 g/mol. The molecule has 0 saturated carbocycles. The SMILES string of the molecule is CCc1cc(-c2nc3cc(C(C)(C)C)ccc3o2)c(N)s1. The molecule has 0 saturated heterocycles. The summed E-state index contributed by atoms with van der Waals surface area (Å²) < 4.78 is 5.88. The van der Waals surface area contributed by atoms with Gasteiger partial charge in [0.1, 0.15) is 5.52 Å². The maximum absolute atomic E-state index is 6.09. The summed E-state index contributed by atoms with van der Waals surface area (Å²) in [5.41, 5.74) is 10.0. The molecule has 0 aliphatic heterocycles. The number of oxazole rings is 1. The minimum Gasteiger partial charge on any atom is -0.436 e. The van der Waals surface area contributed by atoms with Gasteiger partial charge in [0, 0.05) is 4.88 Å². The fourth-order valence-corrected chi connectivity index (χ4v) is 3.17. The van der Waals surface area contributed by atoms with Gasteiger partial charge in [-0.2, -0.15) is 0 Å². The maximum Gasteiger partial charge on any atom is 0.230 e. The number of hydrogen-bond acceptors (Lipinski definition) is 4. The zero-order valence-corrected chi connectivity index (χ0v) is 13.7. The first-order valence-corrected chi connectivity index (χ1v) is 7.99. The molecule has 1 aromatic carbocycles. The van der Waals surface area contributed by atoms with Crippen LogP contribution in [-0.2, 0) is 11.8 Å². The van der Waals surface area contributed by atoms with Gasteiger partial charge in [0.05, 0.1) is 10.6 Å². The minimum absolute atomic E-state index is 0.101. The molecule has 0 spiro atoms. The van der Waals surface area contributed by atoms with Crippen molar-refractivity contribution in [1.29, 1.82) is 0 Å². The lowest BCUT2D eigenvalue weighted by molar-refractivity contribution is 0.590. The molecule has 0 amide bonds. The molecule has 2 aromatic heterocycles. The number of rotatable bonds is 2. The second-order valence-corrected chi connectivity index (χ2v) is 7.46. The average molecular weight is 300 g/mol. The molecule has 2 N–H and O–H groups in total. The molecule has 21 heavy (non-hydrogen) atoms. The number of nitrogens with zero attached hydrogens (tertiary/aromatic N) is 1. The van der Waals surface area contributed by atoms with Crippen molar-refractivity contribution in [3.8, 4) is 11.5 Å². The van der Waals surface area contributed by atoms with Crippen LogP contribution in [0.25, 0.3) is 22.6 Å². The number of nitrogens with two attached hydrogens (primary N) is 1. The summed E-state index contributed by atoms with van der Waals surface area (Å²) in [6, 6.07) is 8.28. The Kier molecular flexibility index (Phi) is 3.29. The zero-order chi connectivity index (χ0) is 15.2. The first-order chi connectivity index (χ1) is 9.88. The van der Waals surface area contributed by atoms with Crippen LogP contribution in [0.4, 0.5) is 5.00 Å². The second-order valence-electron chi connectivity index (χ2n) is 6.30. The van der Waals surface area contributed by atoms with E-state index in [1.165, 1.54) is 10.4 Å². The molecule has 0 bridgehead atoms. The van der Waals surface area contributed by atoms with E-state index in [-0.39, 0.29) is 5.41 Å². The van der Waals surface area contributed by atoms with E-state index in [1.807, 2.05) is 6.07 Å². The molecule has 0 unspecified atom stereocenters. The standard InChI is InChI=1S/C17H20N2OS/c1-5-11-9-12(15(18)21-11)16-19-13-8-10(17(2,3)4)6-7-14(13)20-16/h6-9H,5,18H2,1-4H3. The molecule has 0 fully saturated rings. The third-order valence-electron chi connectivity index (χ3n) is 3.64. The Morgan fingerprint density at radius 3 is 2.62 bits per heavy atom. The van der Waals surface area contributed by atoms with Crippen LogP contribution in [0.1, 0.15) is 38.1 Å². The van der Waals surface area contributed by atoms with Gasteiger partial charge >= 0.3 is 0 Å². The highest BCUT2D eigenvalue weighted by atomic mass is 32.1. The molecule has 3 aromatic rings. The number of aromatic nitrogens is 1. The van der Waals surface area contributed by atoms with Gasteiger partial charge in [0.15, 0.2) is 5.58 Å². The molecule has 4 heteroatoms. The molecule has 0 atom stereocenters. The molecular formula is C17H20N2OS. The summed E-state index contributed by atoms with van der Waals surface area (Å²) in [5.74, 6) is 0.615. The smallest absolute Gasteiger partial charge is 0.230 e. The van der Waals surface area contributed by atoms with Crippen LogP contribution >= 0.6 is 11.3 Å². The predicted molar refractivity (Wildman–Crippen MR) is 89.8 cm³/mol. The average Bonchev–Trinajstić information content (AvgIpc) is 2.99. The first kappa shape index (κ1) is 14.1. The van der Waals surface area contributed by atoms with E-state index in [9.17, 15) is 0 Å². The van der Waals surface area contributed by atoms with Crippen molar-refractivity contribution in [3.05, 3.63) is 34.7 Å². The summed E-state index contributed by atoms with van der Waals surface area (Å²) >= 11 is 1.60. The highest BCUT2D eigenvalue weighted by molar-refractivity contribution is 7.16. The number of anilines is 1. The van der Waals surface area contributed by atoms with E-state index >= 15 is 0 Å². The number of thiophene rings is 1. The van der Waals surface area contributed by atoms with E-state index in [0.717, 1.165) is 28.1 Å². The van der Waals surface area contributed by atoms with Gasteiger partial charge in [0.2, 0.25) is 5.89 Å². The number of benzene rings is 1. The fraction of sp³-hybridized carbons (Fsp3) is 0.353. The van der Waals surface area contributed by atoms with Crippen LogP contribution in [-0.4, -0.2) is 4.98 Å². The number of hydrogen-bond donors (Lipinski definition) is 1. The van der Waals surface area contributed by atoms with E-state index in [2.05, 4.69) is 50.9 Å². The van der Waals surface area contributed by atoms with Gasteiger partial charge in [-0.15, -0.1) is 11.3 Å². The van der Waals surface area contributed by atoms with Gasteiger partial charge in [-0.3, -0.25) is 0 Å². The van der Waals surface area contributed by atoms with Gasteiger partial charge in [-0.25, -0.2) is 4.98 Å². The van der Waals surface area contributed by atoms with Crippen LogP contribution < -0.4 is 5.73 Å².